The van der Waals surface area contributed by atoms with Crippen LogP contribution in [0.4, 0.5) is 4.39 Å². The third-order valence-corrected chi connectivity index (χ3v) is 6.41. The van der Waals surface area contributed by atoms with E-state index in [0.717, 1.165) is 12.8 Å². The first-order valence-electron chi connectivity index (χ1n) is 9.04. The van der Waals surface area contributed by atoms with Crippen LogP contribution < -0.4 is 4.72 Å². The number of nitriles is 1. The van der Waals surface area contributed by atoms with E-state index in [-0.39, 0.29) is 46.9 Å². The highest BCUT2D eigenvalue weighted by Crippen LogP contribution is 2.32. The number of hydrogen-bond donors (Lipinski definition) is 1. The Balaban J connectivity index is 1.78. The maximum Gasteiger partial charge on any atom is 0.254 e. The van der Waals surface area contributed by atoms with Gasteiger partial charge in [0.05, 0.1) is 17.5 Å². The summed E-state index contributed by atoms with van der Waals surface area (Å²) in [5.74, 6) is -0.783. The van der Waals surface area contributed by atoms with Crippen molar-refractivity contribution in [1.82, 2.24) is 9.62 Å². The third kappa shape index (κ3) is 5.12. The van der Waals surface area contributed by atoms with Crippen molar-refractivity contribution in [1.29, 1.82) is 5.26 Å². The zero-order chi connectivity index (χ0) is 21.0. The molecule has 0 saturated heterocycles. The second-order valence-electron chi connectivity index (χ2n) is 6.69. The first-order chi connectivity index (χ1) is 13.8. The van der Waals surface area contributed by atoms with E-state index in [2.05, 4.69) is 4.72 Å². The molecule has 1 amide bonds. The van der Waals surface area contributed by atoms with Crippen molar-refractivity contribution in [2.75, 3.05) is 6.54 Å². The zero-order valence-corrected chi connectivity index (χ0v) is 17.0. The van der Waals surface area contributed by atoms with E-state index >= 15 is 0 Å². The number of nitrogens with zero attached hydrogens (tertiary/aromatic N) is 2. The minimum atomic E-state index is -3.75. The van der Waals surface area contributed by atoms with Gasteiger partial charge in [0.2, 0.25) is 10.0 Å². The highest BCUT2D eigenvalue weighted by molar-refractivity contribution is 7.89. The van der Waals surface area contributed by atoms with Crippen LogP contribution >= 0.6 is 11.6 Å². The molecule has 152 valence electrons. The van der Waals surface area contributed by atoms with Gasteiger partial charge < -0.3 is 4.90 Å². The van der Waals surface area contributed by atoms with E-state index in [1.807, 2.05) is 6.07 Å². The molecule has 3 rings (SSSR count). The van der Waals surface area contributed by atoms with Crippen LogP contribution in [-0.2, 0) is 16.6 Å². The molecule has 0 aromatic heterocycles. The molecule has 1 saturated carbocycles. The van der Waals surface area contributed by atoms with Crippen LogP contribution in [0.15, 0.2) is 47.4 Å². The summed E-state index contributed by atoms with van der Waals surface area (Å²) in [6, 6.07) is 11.8. The molecule has 0 radical (unpaired) electrons. The van der Waals surface area contributed by atoms with Crippen LogP contribution in [-0.4, -0.2) is 31.8 Å². The minimum absolute atomic E-state index is 0.00195. The van der Waals surface area contributed by atoms with Crippen LogP contribution in [0.25, 0.3) is 0 Å². The van der Waals surface area contributed by atoms with E-state index in [0.29, 0.717) is 5.56 Å². The number of hydrogen-bond acceptors (Lipinski definition) is 4. The van der Waals surface area contributed by atoms with Crippen molar-refractivity contribution in [2.24, 2.45) is 0 Å². The quantitative estimate of drug-likeness (QED) is 0.643. The number of benzene rings is 2. The van der Waals surface area contributed by atoms with E-state index in [1.165, 1.54) is 36.4 Å². The number of carbonyl (C=O) groups excluding carboxylic acids is 1. The van der Waals surface area contributed by atoms with Gasteiger partial charge in [-0.2, -0.15) is 5.26 Å². The predicted octanol–water partition coefficient (Wildman–Crippen LogP) is 3.48. The molecule has 29 heavy (non-hydrogen) atoms. The summed E-state index contributed by atoms with van der Waals surface area (Å²) in [6.45, 7) is 0.0587. The van der Waals surface area contributed by atoms with Crippen LogP contribution in [0.2, 0.25) is 5.02 Å². The first kappa shape index (κ1) is 21.2. The fourth-order valence-electron chi connectivity index (χ4n) is 2.87. The van der Waals surface area contributed by atoms with Crippen molar-refractivity contribution in [3.05, 3.63) is 64.4 Å². The van der Waals surface area contributed by atoms with E-state index in [4.69, 9.17) is 16.9 Å². The Labute approximate surface area is 173 Å². The number of sulfonamides is 1. The molecule has 0 spiro atoms. The average Bonchev–Trinajstić information content (AvgIpc) is 3.53. The van der Waals surface area contributed by atoms with E-state index in [1.54, 1.807) is 11.0 Å². The fraction of sp³-hybridized carbons (Fsp3) is 0.300. The lowest BCUT2D eigenvalue weighted by atomic mass is 10.1. The highest BCUT2D eigenvalue weighted by atomic mass is 35.5. The van der Waals surface area contributed by atoms with Crippen molar-refractivity contribution < 1.29 is 17.6 Å². The molecule has 1 fully saturated rings. The smallest absolute Gasteiger partial charge is 0.254 e. The van der Waals surface area contributed by atoms with Gasteiger partial charge in [-0.05, 0) is 49.2 Å². The van der Waals surface area contributed by atoms with Crippen LogP contribution in [0.3, 0.4) is 0 Å². The lowest BCUT2D eigenvalue weighted by Gasteiger charge is -2.23. The molecule has 1 aliphatic rings. The number of halogens is 2. The van der Waals surface area contributed by atoms with Crippen LogP contribution in [0.5, 0.6) is 0 Å². The Morgan fingerprint density at radius 3 is 2.52 bits per heavy atom. The summed E-state index contributed by atoms with van der Waals surface area (Å²) in [7, 11) is -3.75. The molecule has 2 aromatic rings. The zero-order valence-electron chi connectivity index (χ0n) is 15.4. The Morgan fingerprint density at radius 1 is 1.24 bits per heavy atom. The molecule has 0 unspecified atom stereocenters. The topological polar surface area (TPSA) is 90.3 Å². The molecule has 0 bridgehead atoms. The Bertz CT molecular complexity index is 1030. The lowest BCUT2D eigenvalue weighted by molar-refractivity contribution is 0.0728. The number of nitrogens with one attached hydrogen (secondary N) is 1. The summed E-state index contributed by atoms with van der Waals surface area (Å²) in [4.78, 5) is 14.6. The molecule has 1 N–H and O–H groups in total. The van der Waals surface area contributed by atoms with Crippen molar-refractivity contribution in [3.8, 4) is 6.07 Å². The Morgan fingerprint density at radius 2 is 1.93 bits per heavy atom. The van der Waals surface area contributed by atoms with E-state index < -0.39 is 15.8 Å². The molecule has 0 aliphatic heterocycles. The monoisotopic (exact) mass is 435 g/mol. The third-order valence-electron chi connectivity index (χ3n) is 4.58. The fourth-order valence-corrected chi connectivity index (χ4v) is 4.13. The number of carbonyl (C=O) groups is 1. The summed E-state index contributed by atoms with van der Waals surface area (Å²) >= 11 is 6.10. The van der Waals surface area contributed by atoms with E-state index in [9.17, 15) is 17.6 Å². The summed E-state index contributed by atoms with van der Waals surface area (Å²) < 4.78 is 40.8. The molecule has 0 atom stereocenters. The molecule has 6 nitrogen and oxygen atoms in total. The predicted molar refractivity (Wildman–Crippen MR) is 106 cm³/mol. The maximum absolute atomic E-state index is 14.2. The molecule has 9 heteroatoms. The maximum atomic E-state index is 14.2. The normalized spacial score (nSPS) is 13.7. The minimum Gasteiger partial charge on any atom is -0.331 e. The van der Waals surface area contributed by atoms with Crippen LogP contribution in [0, 0.1) is 17.1 Å². The largest absolute Gasteiger partial charge is 0.331 e. The SMILES string of the molecule is N#CCCNS(=O)(=O)c1ccc(C(=O)N(Cc2c(F)cccc2Cl)C2CC2)cc1. The highest BCUT2D eigenvalue weighted by Gasteiger charge is 2.34. The standard InChI is InChI=1S/C20H19ClFN3O3S/c21-18-3-1-4-19(22)17(18)13-25(15-7-8-15)20(26)14-5-9-16(10-6-14)29(27,28)24-12-2-11-23/h1,3-6,9-10,15,24H,2,7-8,12-13H2. The van der Waals surface area contributed by atoms with Crippen molar-refractivity contribution in [2.45, 2.75) is 36.7 Å². The molecule has 2 aromatic carbocycles. The van der Waals surface area contributed by atoms with Crippen molar-refractivity contribution >= 4 is 27.5 Å². The number of rotatable bonds is 8. The Kier molecular flexibility index (Phi) is 6.52. The molecule has 0 heterocycles. The van der Waals surface area contributed by atoms with Gasteiger partial charge in [0.1, 0.15) is 5.82 Å². The van der Waals surface area contributed by atoms with Crippen LogP contribution in [0.1, 0.15) is 35.2 Å². The van der Waals surface area contributed by atoms with Gasteiger partial charge in [-0.15, -0.1) is 0 Å². The first-order valence-corrected chi connectivity index (χ1v) is 10.9. The molecular formula is C20H19ClFN3O3S. The van der Waals surface area contributed by atoms with Crippen molar-refractivity contribution in [3.63, 3.8) is 0 Å². The second kappa shape index (κ2) is 8.91. The van der Waals surface area contributed by atoms with Gasteiger partial charge >= 0.3 is 0 Å². The summed E-state index contributed by atoms with van der Waals surface area (Å²) in [5.41, 5.74) is 0.565. The van der Waals surface area contributed by atoms with Gasteiger partial charge in [0.25, 0.3) is 5.91 Å². The van der Waals surface area contributed by atoms with Gasteiger partial charge in [0.15, 0.2) is 0 Å². The van der Waals surface area contributed by atoms with Gasteiger partial charge in [-0.25, -0.2) is 17.5 Å². The average molecular weight is 436 g/mol. The van der Waals surface area contributed by atoms with Gasteiger partial charge in [0, 0.05) is 35.2 Å². The number of amides is 1. The summed E-state index contributed by atoms with van der Waals surface area (Å²) in [6.07, 6.45) is 1.71. The Hall–Kier alpha value is -2.47. The second-order valence-corrected chi connectivity index (χ2v) is 8.87. The molecule has 1 aliphatic carbocycles. The summed E-state index contributed by atoms with van der Waals surface area (Å²) in [5, 5.41) is 8.77. The lowest BCUT2D eigenvalue weighted by Crippen LogP contribution is -2.33. The van der Waals surface area contributed by atoms with Gasteiger partial charge in [-0.1, -0.05) is 17.7 Å². The molecular weight excluding hydrogens is 417 g/mol. The van der Waals surface area contributed by atoms with Gasteiger partial charge in [-0.3, -0.25) is 4.79 Å².